The Balaban J connectivity index is 2.26. The minimum Gasteiger partial charge on any atom is -0.376 e. The first-order valence-corrected chi connectivity index (χ1v) is 7.05. The standard InChI is InChI=1S/C15H20N2O3/c1-10-5-3-4-6-13(10)16-14-8-7-12(11(2)18)9-15(14)17(19)20/h7-10,13,16H,3-6H2,1-2H3/t10-,13+/m1/s1. The van der Waals surface area contributed by atoms with Crippen LogP contribution in [0, 0.1) is 16.0 Å². The fourth-order valence-corrected chi connectivity index (χ4v) is 2.75. The third kappa shape index (κ3) is 3.15. The second kappa shape index (κ2) is 6.03. The third-order valence-corrected chi connectivity index (χ3v) is 4.05. The lowest BCUT2D eigenvalue weighted by molar-refractivity contribution is -0.384. The molecule has 1 aromatic rings. The monoisotopic (exact) mass is 276 g/mol. The number of nitro benzene ring substituents is 1. The number of hydrogen-bond acceptors (Lipinski definition) is 4. The quantitative estimate of drug-likeness (QED) is 0.516. The van der Waals surface area contributed by atoms with Crippen molar-refractivity contribution in [2.75, 3.05) is 5.32 Å². The molecule has 1 aromatic carbocycles. The van der Waals surface area contributed by atoms with E-state index in [2.05, 4.69) is 12.2 Å². The van der Waals surface area contributed by atoms with Crippen LogP contribution in [-0.4, -0.2) is 16.7 Å². The van der Waals surface area contributed by atoms with Crippen molar-refractivity contribution in [3.05, 3.63) is 33.9 Å². The highest BCUT2D eigenvalue weighted by Gasteiger charge is 2.24. The lowest BCUT2D eigenvalue weighted by Gasteiger charge is -2.30. The predicted octanol–water partition coefficient (Wildman–Crippen LogP) is 3.79. The van der Waals surface area contributed by atoms with Crippen LogP contribution < -0.4 is 5.32 Å². The van der Waals surface area contributed by atoms with Crippen molar-refractivity contribution in [3.63, 3.8) is 0 Å². The molecular weight excluding hydrogens is 256 g/mol. The summed E-state index contributed by atoms with van der Waals surface area (Å²) in [4.78, 5) is 22.1. The minimum absolute atomic E-state index is 0.0181. The van der Waals surface area contributed by atoms with Crippen LogP contribution in [0.4, 0.5) is 11.4 Å². The van der Waals surface area contributed by atoms with Crippen molar-refractivity contribution in [3.8, 4) is 0 Å². The number of ketones is 1. The first-order valence-electron chi connectivity index (χ1n) is 7.05. The summed E-state index contributed by atoms with van der Waals surface area (Å²) in [5, 5.41) is 14.5. The first kappa shape index (κ1) is 14.5. The zero-order valence-electron chi connectivity index (χ0n) is 11.9. The van der Waals surface area contributed by atoms with Crippen molar-refractivity contribution in [2.24, 2.45) is 5.92 Å². The molecule has 0 spiro atoms. The number of Topliss-reactive ketones (excluding diaryl/α,β-unsaturated/α-hetero) is 1. The van der Waals surface area contributed by atoms with Gasteiger partial charge in [0.15, 0.2) is 5.78 Å². The van der Waals surface area contributed by atoms with Crippen LogP contribution >= 0.6 is 0 Å². The Kier molecular flexibility index (Phi) is 4.37. The van der Waals surface area contributed by atoms with Crippen molar-refractivity contribution < 1.29 is 9.72 Å². The summed E-state index contributed by atoms with van der Waals surface area (Å²) in [5.41, 5.74) is 0.869. The van der Waals surface area contributed by atoms with E-state index in [0.29, 0.717) is 17.2 Å². The third-order valence-electron chi connectivity index (χ3n) is 4.05. The molecule has 1 saturated carbocycles. The molecule has 0 bridgehead atoms. The maximum Gasteiger partial charge on any atom is 0.293 e. The molecule has 1 N–H and O–H groups in total. The highest BCUT2D eigenvalue weighted by molar-refractivity contribution is 5.95. The van der Waals surface area contributed by atoms with Crippen LogP contribution in [0.1, 0.15) is 49.9 Å². The zero-order chi connectivity index (χ0) is 14.7. The average molecular weight is 276 g/mol. The Morgan fingerprint density at radius 1 is 1.35 bits per heavy atom. The molecule has 2 atom stereocenters. The number of benzene rings is 1. The van der Waals surface area contributed by atoms with Crippen LogP contribution in [0.3, 0.4) is 0 Å². The normalized spacial score (nSPS) is 22.3. The van der Waals surface area contributed by atoms with Gasteiger partial charge in [-0.3, -0.25) is 14.9 Å². The molecule has 5 heteroatoms. The molecule has 108 valence electrons. The number of carbonyl (C=O) groups is 1. The van der Waals surface area contributed by atoms with Gasteiger partial charge in [-0.1, -0.05) is 19.8 Å². The van der Waals surface area contributed by atoms with E-state index in [9.17, 15) is 14.9 Å². The Morgan fingerprint density at radius 2 is 2.05 bits per heavy atom. The summed E-state index contributed by atoms with van der Waals surface area (Å²) in [5.74, 6) is 0.349. The molecule has 20 heavy (non-hydrogen) atoms. The average Bonchev–Trinajstić information content (AvgIpc) is 2.41. The molecule has 0 amide bonds. The predicted molar refractivity (Wildman–Crippen MR) is 78.1 cm³/mol. The number of nitro groups is 1. The fourth-order valence-electron chi connectivity index (χ4n) is 2.75. The van der Waals surface area contributed by atoms with Gasteiger partial charge in [-0.25, -0.2) is 0 Å². The van der Waals surface area contributed by atoms with Gasteiger partial charge < -0.3 is 5.32 Å². The van der Waals surface area contributed by atoms with Gasteiger partial charge in [-0.05, 0) is 37.8 Å². The van der Waals surface area contributed by atoms with Gasteiger partial charge in [0.1, 0.15) is 5.69 Å². The number of hydrogen-bond donors (Lipinski definition) is 1. The van der Waals surface area contributed by atoms with Crippen LogP contribution in [0.2, 0.25) is 0 Å². The first-order chi connectivity index (χ1) is 9.49. The van der Waals surface area contributed by atoms with E-state index in [1.807, 2.05) is 0 Å². The number of nitrogens with zero attached hydrogens (tertiary/aromatic N) is 1. The van der Waals surface area contributed by atoms with Gasteiger partial charge in [-0.2, -0.15) is 0 Å². The van der Waals surface area contributed by atoms with Crippen LogP contribution in [-0.2, 0) is 0 Å². The maximum atomic E-state index is 11.3. The molecule has 0 heterocycles. The molecule has 0 unspecified atom stereocenters. The molecule has 5 nitrogen and oxygen atoms in total. The van der Waals surface area contributed by atoms with E-state index in [1.165, 1.54) is 19.4 Å². The summed E-state index contributed by atoms with van der Waals surface area (Å²) < 4.78 is 0. The lowest BCUT2D eigenvalue weighted by Crippen LogP contribution is -2.30. The van der Waals surface area contributed by atoms with Crippen molar-refractivity contribution in [2.45, 2.75) is 45.6 Å². The van der Waals surface area contributed by atoms with Crippen molar-refractivity contribution in [1.29, 1.82) is 0 Å². The summed E-state index contributed by atoms with van der Waals surface area (Å²) in [6.07, 6.45) is 4.57. The van der Waals surface area contributed by atoms with Gasteiger partial charge >= 0.3 is 0 Å². The Hall–Kier alpha value is -1.91. The van der Waals surface area contributed by atoms with Gasteiger partial charge in [0, 0.05) is 17.7 Å². The highest BCUT2D eigenvalue weighted by Crippen LogP contribution is 2.31. The summed E-state index contributed by atoms with van der Waals surface area (Å²) >= 11 is 0. The summed E-state index contributed by atoms with van der Waals surface area (Å²) in [6, 6.07) is 4.92. The molecule has 0 saturated heterocycles. The topological polar surface area (TPSA) is 72.2 Å². The van der Waals surface area contributed by atoms with E-state index in [0.717, 1.165) is 19.3 Å². The number of rotatable bonds is 4. The Morgan fingerprint density at radius 3 is 2.65 bits per heavy atom. The van der Waals surface area contributed by atoms with E-state index in [-0.39, 0.29) is 17.5 Å². The van der Waals surface area contributed by atoms with E-state index in [4.69, 9.17) is 0 Å². The Bertz CT molecular complexity index is 528. The van der Waals surface area contributed by atoms with Gasteiger partial charge in [0.2, 0.25) is 0 Å². The van der Waals surface area contributed by atoms with Gasteiger partial charge in [0.05, 0.1) is 4.92 Å². The maximum absolute atomic E-state index is 11.3. The molecule has 0 aromatic heterocycles. The largest absolute Gasteiger partial charge is 0.376 e. The van der Waals surface area contributed by atoms with Gasteiger partial charge in [-0.15, -0.1) is 0 Å². The molecule has 2 rings (SSSR count). The van der Waals surface area contributed by atoms with Crippen molar-refractivity contribution in [1.82, 2.24) is 0 Å². The number of nitrogens with one attached hydrogen (secondary N) is 1. The van der Waals surface area contributed by atoms with E-state index >= 15 is 0 Å². The highest BCUT2D eigenvalue weighted by atomic mass is 16.6. The fraction of sp³-hybridized carbons (Fsp3) is 0.533. The second-order valence-corrected chi connectivity index (χ2v) is 5.56. The Labute approximate surface area is 118 Å². The van der Waals surface area contributed by atoms with Crippen molar-refractivity contribution >= 4 is 17.2 Å². The van der Waals surface area contributed by atoms with Crippen LogP contribution in [0.15, 0.2) is 18.2 Å². The summed E-state index contributed by atoms with van der Waals surface area (Å²) in [7, 11) is 0. The SMILES string of the molecule is CC(=O)c1ccc(N[C@H]2CCCC[C@H]2C)c([N+](=O)[O-])c1. The molecule has 1 fully saturated rings. The van der Waals surface area contributed by atoms with E-state index in [1.54, 1.807) is 12.1 Å². The smallest absolute Gasteiger partial charge is 0.293 e. The van der Waals surface area contributed by atoms with Crippen LogP contribution in [0.5, 0.6) is 0 Å². The molecular formula is C15H20N2O3. The molecule has 1 aliphatic carbocycles. The lowest BCUT2D eigenvalue weighted by atomic mass is 9.86. The molecule has 0 radical (unpaired) electrons. The van der Waals surface area contributed by atoms with Gasteiger partial charge in [0.25, 0.3) is 5.69 Å². The zero-order valence-corrected chi connectivity index (χ0v) is 11.9. The molecule has 1 aliphatic rings. The minimum atomic E-state index is -0.428. The second-order valence-electron chi connectivity index (χ2n) is 5.56. The number of carbonyl (C=O) groups excluding carboxylic acids is 1. The summed E-state index contributed by atoms with van der Waals surface area (Å²) in [6.45, 7) is 3.59. The van der Waals surface area contributed by atoms with Crippen LogP contribution in [0.25, 0.3) is 0 Å². The number of anilines is 1. The molecule has 0 aliphatic heterocycles. The van der Waals surface area contributed by atoms with E-state index < -0.39 is 4.92 Å².